The smallest absolute Gasteiger partial charge is 0.410 e. The monoisotopic (exact) mass is 389 g/mol. The number of rotatable bonds is 2. The third-order valence-electron chi connectivity index (χ3n) is 4.95. The standard InChI is InChI=1S/C15H21F2N5O3S/c1-14-5-2-6-19-26(14,25)8-15(7-16,22-12(14)21-13(23)24)11-9(17)3-4-10(18)20-11/h3-4,19,25H,2,5-8H2,1H3,(H2,18,20)(H,21,22)(H,23,24)/t14-,15-/m0/s1. The summed E-state index contributed by atoms with van der Waals surface area (Å²) in [5.74, 6) is -1.17. The van der Waals surface area contributed by atoms with Gasteiger partial charge in [0, 0.05) is 12.3 Å². The molecule has 3 atom stereocenters. The predicted octanol–water partition coefficient (Wildman–Crippen LogP) is 1.98. The lowest BCUT2D eigenvalue weighted by Crippen LogP contribution is -2.62. The molecule has 1 aromatic heterocycles. The van der Waals surface area contributed by atoms with Gasteiger partial charge in [-0.2, -0.15) is 0 Å². The van der Waals surface area contributed by atoms with Crippen LogP contribution in [0.5, 0.6) is 0 Å². The van der Waals surface area contributed by atoms with E-state index >= 15 is 0 Å². The van der Waals surface area contributed by atoms with Gasteiger partial charge in [-0.15, -0.1) is 0 Å². The topological polar surface area (TPSA) is 133 Å². The molecule has 6 N–H and O–H groups in total. The van der Waals surface area contributed by atoms with Crippen molar-refractivity contribution in [1.82, 2.24) is 15.0 Å². The molecule has 0 saturated carbocycles. The minimum absolute atomic E-state index is 0.0240. The van der Waals surface area contributed by atoms with Crippen LogP contribution in [0.15, 0.2) is 17.1 Å². The molecule has 1 saturated heterocycles. The summed E-state index contributed by atoms with van der Waals surface area (Å²) in [5, 5.41) is 11.4. The molecule has 3 rings (SSSR count). The number of hydrogen-bond donors (Lipinski definition) is 5. The van der Waals surface area contributed by atoms with Crippen molar-refractivity contribution in [2.24, 2.45) is 4.99 Å². The van der Waals surface area contributed by atoms with Crippen molar-refractivity contribution < 1.29 is 23.2 Å². The van der Waals surface area contributed by atoms with Crippen molar-refractivity contribution in [3.05, 3.63) is 23.6 Å². The number of carboxylic acid groups (broad SMARTS) is 1. The van der Waals surface area contributed by atoms with Gasteiger partial charge in [-0.3, -0.25) is 15.0 Å². The molecule has 0 radical (unpaired) electrons. The maximum absolute atomic E-state index is 14.4. The summed E-state index contributed by atoms with van der Waals surface area (Å²) >= 11 is 0. The van der Waals surface area contributed by atoms with E-state index in [2.05, 4.69) is 20.0 Å². The number of hydrogen-bond acceptors (Lipinski definition) is 6. The Hall–Kier alpha value is -1.98. The van der Waals surface area contributed by atoms with E-state index in [1.54, 1.807) is 6.92 Å². The van der Waals surface area contributed by atoms with Gasteiger partial charge in [0.25, 0.3) is 0 Å². The Morgan fingerprint density at radius 2 is 2.27 bits per heavy atom. The molecule has 2 aliphatic rings. The first-order valence-electron chi connectivity index (χ1n) is 8.02. The first-order chi connectivity index (χ1) is 12.2. The molecule has 2 aliphatic heterocycles. The number of nitrogen functional groups attached to an aromatic ring is 1. The van der Waals surface area contributed by atoms with Gasteiger partial charge in [0.05, 0.1) is 4.75 Å². The molecule has 0 unspecified atom stereocenters. The first-order valence-corrected chi connectivity index (χ1v) is 9.78. The van der Waals surface area contributed by atoms with Gasteiger partial charge in [0.15, 0.2) is 0 Å². The van der Waals surface area contributed by atoms with E-state index in [-0.39, 0.29) is 23.1 Å². The van der Waals surface area contributed by atoms with E-state index in [1.165, 1.54) is 6.07 Å². The summed E-state index contributed by atoms with van der Waals surface area (Å²) in [5.41, 5.74) is 3.41. The van der Waals surface area contributed by atoms with Crippen LogP contribution in [0.3, 0.4) is 0 Å². The highest BCUT2D eigenvalue weighted by Crippen LogP contribution is 2.62. The zero-order chi connectivity index (χ0) is 19.2. The normalized spacial score (nSPS) is 33.9. The Morgan fingerprint density at radius 3 is 2.92 bits per heavy atom. The predicted molar refractivity (Wildman–Crippen MR) is 95.6 cm³/mol. The molecule has 26 heavy (non-hydrogen) atoms. The fraction of sp³-hybridized carbons (Fsp3) is 0.533. The van der Waals surface area contributed by atoms with Gasteiger partial charge in [-0.05, 0) is 31.9 Å². The molecule has 0 spiro atoms. The largest absolute Gasteiger partial charge is 0.465 e. The van der Waals surface area contributed by atoms with Gasteiger partial charge in [0.1, 0.15) is 35.4 Å². The maximum atomic E-state index is 14.4. The van der Waals surface area contributed by atoms with Crippen molar-refractivity contribution in [3.8, 4) is 0 Å². The summed E-state index contributed by atoms with van der Waals surface area (Å²) in [6, 6.07) is 2.29. The Kier molecular flexibility index (Phi) is 4.57. The van der Waals surface area contributed by atoms with Crippen LogP contribution in [0.4, 0.5) is 19.4 Å². The van der Waals surface area contributed by atoms with Crippen molar-refractivity contribution in [2.75, 3.05) is 24.7 Å². The van der Waals surface area contributed by atoms with Crippen LogP contribution in [0.2, 0.25) is 0 Å². The number of carbonyl (C=O) groups is 1. The van der Waals surface area contributed by atoms with Crippen LogP contribution in [0.1, 0.15) is 25.5 Å². The second-order valence-electron chi connectivity index (χ2n) is 6.70. The second-order valence-corrected chi connectivity index (χ2v) is 9.58. The zero-order valence-corrected chi connectivity index (χ0v) is 14.9. The number of amidine groups is 1. The van der Waals surface area contributed by atoms with E-state index < -0.39 is 39.4 Å². The Labute approximate surface area is 150 Å². The van der Waals surface area contributed by atoms with Gasteiger partial charge < -0.3 is 15.4 Å². The number of pyridine rings is 1. The lowest BCUT2D eigenvalue weighted by atomic mass is 9.95. The molecule has 0 aromatic carbocycles. The summed E-state index contributed by atoms with van der Waals surface area (Å²) in [4.78, 5) is 19.4. The van der Waals surface area contributed by atoms with Gasteiger partial charge in [-0.25, -0.2) is 18.6 Å². The molecule has 3 heterocycles. The SMILES string of the molecule is C[C@@]12CCCN[S@]1(O)C[C@@](CF)(c1nc(N)ccc1F)N=C2NC(=O)O. The van der Waals surface area contributed by atoms with E-state index in [1.807, 2.05) is 0 Å². The first kappa shape index (κ1) is 18.8. The highest BCUT2D eigenvalue weighted by molar-refractivity contribution is 8.29. The third kappa shape index (κ3) is 2.79. The molecular formula is C15H21F2N5O3S. The van der Waals surface area contributed by atoms with Crippen molar-refractivity contribution in [1.29, 1.82) is 0 Å². The Bertz CT molecular complexity index is 782. The van der Waals surface area contributed by atoms with Crippen molar-refractivity contribution in [3.63, 3.8) is 0 Å². The number of aliphatic imine (C=N–C) groups is 1. The molecule has 1 fully saturated rings. The minimum Gasteiger partial charge on any atom is -0.465 e. The van der Waals surface area contributed by atoms with Crippen molar-refractivity contribution >= 4 is 28.2 Å². The van der Waals surface area contributed by atoms with Crippen LogP contribution in [0.25, 0.3) is 0 Å². The fourth-order valence-corrected chi connectivity index (χ4v) is 6.58. The fourth-order valence-electron chi connectivity index (χ4n) is 3.49. The molecule has 1 amide bonds. The van der Waals surface area contributed by atoms with Crippen LogP contribution in [-0.4, -0.2) is 50.3 Å². The van der Waals surface area contributed by atoms with Gasteiger partial charge >= 0.3 is 6.09 Å². The summed E-state index contributed by atoms with van der Waals surface area (Å²) in [6.07, 6.45) is -0.257. The minimum atomic E-state index is -2.77. The number of fused-ring (bicyclic) bond motifs is 1. The lowest BCUT2D eigenvalue weighted by Gasteiger charge is -2.58. The van der Waals surface area contributed by atoms with E-state index in [9.17, 15) is 23.2 Å². The van der Waals surface area contributed by atoms with E-state index in [0.29, 0.717) is 19.4 Å². The van der Waals surface area contributed by atoms with E-state index in [4.69, 9.17) is 5.73 Å². The number of anilines is 1. The summed E-state index contributed by atoms with van der Waals surface area (Å²) < 4.78 is 42.0. The molecule has 144 valence electrons. The van der Waals surface area contributed by atoms with Crippen LogP contribution < -0.4 is 15.8 Å². The van der Waals surface area contributed by atoms with Crippen LogP contribution >= 0.6 is 10.5 Å². The van der Waals surface area contributed by atoms with Crippen LogP contribution in [-0.2, 0) is 5.54 Å². The number of nitrogens with one attached hydrogen (secondary N) is 2. The average Bonchev–Trinajstić information content (AvgIpc) is 2.57. The number of aromatic nitrogens is 1. The summed E-state index contributed by atoms with van der Waals surface area (Å²) in [7, 11) is -2.77. The van der Waals surface area contributed by atoms with Gasteiger partial charge in [-0.1, -0.05) is 10.5 Å². The third-order valence-corrected chi connectivity index (χ3v) is 8.41. The molecule has 0 bridgehead atoms. The molecule has 8 nitrogen and oxygen atoms in total. The lowest BCUT2D eigenvalue weighted by molar-refractivity contribution is 0.199. The number of alkyl halides is 1. The second kappa shape index (κ2) is 6.32. The molecular weight excluding hydrogens is 368 g/mol. The molecule has 0 aliphatic carbocycles. The molecule has 11 heteroatoms. The number of halogens is 2. The summed E-state index contributed by atoms with van der Waals surface area (Å²) in [6.45, 7) is 0.990. The number of amides is 1. The Morgan fingerprint density at radius 1 is 1.54 bits per heavy atom. The number of nitrogens with two attached hydrogens (primary N) is 1. The molecule has 1 aromatic rings. The highest BCUT2D eigenvalue weighted by Gasteiger charge is 2.58. The van der Waals surface area contributed by atoms with Gasteiger partial charge in [0.2, 0.25) is 0 Å². The zero-order valence-electron chi connectivity index (χ0n) is 14.1. The number of nitrogens with zero attached hydrogens (tertiary/aromatic N) is 2. The van der Waals surface area contributed by atoms with Crippen LogP contribution in [0, 0.1) is 5.82 Å². The highest BCUT2D eigenvalue weighted by atomic mass is 32.3. The maximum Gasteiger partial charge on any atom is 0.410 e. The quantitative estimate of drug-likeness (QED) is 0.525. The van der Waals surface area contributed by atoms with E-state index in [0.717, 1.165) is 6.07 Å². The average molecular weight is 389 g/mol. The van der Waals surface area contributed by atoms with Crippen molar-refractivity contribution in [2.45, 2.75) is 30.1 Å². The Balaban J connectivity index is 2.24.